The van der Waals surface area contributed by atoms with E-state index >= 15 is 0 Å². The number of ether oxygens (including phenoxy) is 1. The Hall–Kier alpha value is -1.75. The quantitative estimate of drug-likeness (QED) is 0.854. The molecule has 1 aliphatic rings. The molecule has 0 aromatic heterocycles. The summed E-state index contributed by atoms with van der Waals surface area (Å²) in [6.07, 6.45) is 0. The van der Waals surface area contributed by atoms with Crippen LogP contribution >= 0.6 is 24.0 Å². The van der Waals surface area contributed by atoms with Gasteiger partial charge < -0.3 is 15.4 Å². The lowest BCUT2D eigenvalue weighted by molar-refractivity contribution is -0.126. The lowest BCUT2D eigenvalue weighted by Gasteiger charge is -2.29. The second kappa shape index (κ2) is 8.38. The monoisotopic (exact) mass is 366 g/mol. The molecule has 1 heterocycles. The number of methoxy groups -OCH3 is 1. The summed E-state index contributed by atoms with van der Waals surface area (Å²) in [5, 5.41) is 6.86. The first-order valence-corrected chi connectivity index (χ1v) is 7.97. The normalized spacial score (nSPS) is 14.9. The van der Waals surface area contributed by atoms with Gasteiger partial charge in [0.25, 0.3) is 0 Å². The van der Waals surface area contributed by atoms with E-state index in [2.05, 4.69) is 10.6 Å². The number of hydrogen-bond donors (Lipinski definition) is 2. The molecule has 1 amide bonds. The van der Waals surface area contributed by atoms with E-state index in [9.17, 15) is 4.79 Å². The Bertz CT molecular complexity index is 705. The Morgan fingerprint density at radius 3 is 2.38 bits per heavy atom. The zero-order valence-corrected chi connectivity index (χ0v) is 14.9. The molecule has 0 bridgehead atoms. The van der Waals surface area contributed by atoms with Crippen LogP contribution in [-0.4, -0.2) is 26.1 Å². The summed E-state index contributed by atoms with van der Waals surface area (Å²) < 4.78 is 5.46. The summed E-state index contributed by atoms with van der Waals surface area (Å²) in [4.78, 5) is 12.5. The van der Waals surface area contributed by atoms with E-state index in [1.807, 2.05) is 48.5 Å². The van der Waals surface area contributed by atoms with E-state index in [0.717, 1.165) is 16.9 Å². The van der Waals surface area contributed by atoms with Crippen molar-refractivity contribution >= 4 is 29.9 Å². The molecule has 0 radical (unpaired) electrons. The largest absolute Gasteiger partial charge is 0.496 e. The number of halogens is 2. The molecule has 6 heteroatoms. The van der Waals surface area contributed by atoms with Crippen molar-refractivity contribution in [2.24, 2.45) is 5.92 Å². The van der Waals surface area contributed by atoms with Crippen molar-refractivity contribution in [3.63, 3.8) is 0 Å². The molecule has 2 N–H and O–H groups in total. The predicted octanol–water partition coefficient (Wildman–Crippen LogP) is 3.20. The van der Waals surface area contributed by atoms with Crippen LogP contribution in [0.5, 0.6) is 5.75 Å². The molecule has 2 aromatic carbocycles. The second-order valence-corrected chi connectivity index (χ2v) is 5.97. The maximum absolute atomic E-state index is 12.5. The van der Waals surface area contributed by atoms with Crippen molar-refractivity contribution in [1.29, 1.82) is 0 Å². The molecular formula is C18H20Cl2N2O2. The topological polar surface area (TPSA) is 50.4 Å². The van der Waals surface area contributed by atoms with Gasteiger partial charge >= 0.3 is 0 Å². The summed E-state index contributed by atoms with van der Waals surface area (Å²) in [6.45, 7) is 1.43. The highest BCUT2D eigenvalue weighted by Crippen LogP contribution is 2.33. The Labute approximate surface area is 153 Å². The SMILES string of the molecule is COc1ccccc1C(NC(=O)C1CNC1)c1ccccc1Cl.Cl. The number of carbonyl (C=O) groups is 1. The Balaban J connectivity index is 0.00000208. The summed E-state index contributed by atoms with van der Waals surface area (Å²) in [5.41, 5.74) is 1.75. The highest BCUT2D eigenvalue weighted by molar-refractivity contribution is 6.31. The van der Waals surface area contributed by atoms with Crippen molar-refractivity contribution in [2.75, 3.05) is 20.2 Å². The first kappa shape index (κ1) is 18.6. The molecule has 24 heavy (non-hydrogen) atoms. The third kappa shape index (κ3) is 3.83. The molecule has 3 rings (SSSR count). The smallest absolute Gasteiger partial charge is 0.226 e. The lowest BCUT2D eigenvalue weighted by Crippen LogP contribution is -2.51. The highest BCUT2D eigenvalue weighted by Gasteiger charge is 2.29. The fourth-order valence-corrected chi connectivity index (χ4v) is 2.92. The summed E-state index contributed by atoms with van der Waals surface area (Å²) in [6, 6.07) is 14.9. The minimum atomic E-state index is -0.340. The molecule has 0 spiro atoms. The van der Waals surface area contributed by atoms with Gasteiger partial charge in [-0.3, -0.25) is 4.79 Å². The van der Waals surface area contributed by atoms with Crippen molar-refractivity contribution in [2.45, 2.75) is 6.04 Å². The van der Waals surface area contributed by atoms with Crippen molar-refractivity contribution in [3.05, 3.63) is 64.7 Å². The molecule has 4 nitrogen and oxygen atoms in total. The zero-order chi connectivity index (χ0) is 16.2. The Morgan fingerprint density at radius 2 is 1.79 bits per heavy atom. The first-order valence-electron chi connectivity index (χ1n) is 7.59. The van der Waals surface area contributed by atoms with E-state index in [0.29, 0.717) is 18.1 Å². The highest BCUT2D eigenvalue weighted by atomic mass is 35.5. The summed E-state index contributed by atoms with van der Waals surface area (Å²) in [7, 11) is 1.63. The van der Waals surface area contributed by atoms with Gasteiger partial charge in [0.05, 0.1) is 19.1 Å². The van der Waals surface area contributed by atoms with Gasteiger partial charge in [-0.1, -0.05) is 48.0 Å². The van der Waals surface area contributed by atoms with Gasteiger partial charge in [-0.25, -0.2) is 0 Å². The van der Waals surface area contributed by atoms with Gasteiger partial charge in [0.1, 0.15) is 5.75 Å². The van der Waals surface area contributed by atoms with Crippen molar-refractivity contribution in [1.82, 2.24) is 10.6 Å². The number of amides is 1. The van der Waals surface area contributed by atoms with Crippen LogP contribution in [0.25, 0.3) is 0 Å². The average Bonchev–Trinajstić information content (AvgIpc) is 2.52. The number of nitrogens with one attached hydrogen (secondary N) is 2. The number of para-hydroxylation sites is 1. The van der Waals surface area contributed by atoms with Crippen molar-refractivity contribution in [3.8, 4) is 5.75 Å². The zero-order valence-electron chi connectivity index (χ0n) is 13.3. The van der Waals surface area contributed by atoms with Crippen LogP contribution < -0.4 is 15.4 Å². The van der Waals surface area contributed by atoms with E-state index < -0.39 is 0 Å². The molecule has 1 fully saturated rings. The number of benzene rings is 2. The third-order valence-corrected chi connectivity index (χ3v) is 4.45. The summed E-state index contributed by atoms with van der Waals surface area (Å²) in [5.74, 6) is 0.763. The number of carbonyl (C=O) groups excluding carboxylic acids is 1. The van der Waals surface area contributed by atoms with E-state index in [4.69, 9.17) is 16.3 Å². The molecule has 0 saturated carbocycles. The first-order chi connectivity index (χ1) is 11.2. The van der Waals surface area contributed by atoms with Gasteiger partial charge in [0.2, 0.25) is 5.91 Å². The molecule has 1 unspecified atom stereocenters. The standard InChI is InChI=1S/C18H19ClN2O2.ClH/c1-23-16-9-5-3-7-14(16)17(13-6-2-4-8-15(13)19)21-18(22)12-10-20-11-12;/h2-9,12,17,20H,10-11H2,1H3,(H,21,22);1H. The Kier molecular flexibility index (Phi) is 6.49. The fraction of sp³-hybridized carbons (Fsp3) is 0.278. The van der Waals surface area contributed by atoms with Crippen LogP contribution in [0.3, 0.4) is 0 Å². The van der Waals surface area contributed by atoms with Crippen LogP contribution in [0.15, 0.2) is 48.5 Å². The van der Waals surface area contributed by atoms with E-state index in [-0.39, 0.29) is 30.3 Å². The molecule has 2 aromatic rings. The number of rotatable bonds is 5. The van der Waals surface area contributed by atoms with Gasteiger partial charge in [-0.05, 0) is 17.7 Å². The van der Waals surface area contributed by atoms with Gasteiger partial charge in [0.15, 0.2) is 0 Å². The van der Waals surface area contributed by atoms with E-state index in [1.54, 1.807) is 7.11 Å². The third-order valence-electron chi connectivity index (χ3n) is 4.11. The van der Waals surface area contributed by atoms with Gasteiger partial charge in [-0.15, -0.1) is 12.4 Å². The van der Waals surface area contributed by atoms with Crippen LogP contribution in [0.2, 0.25) is 5.02 Å². The minimum Gasteiger partial charge on any atom is -0.496 e. The average molecular weight is 367 g/mol. The maximum atomic E-state index is 12.5. The molecule has 1 aliphatic heterocycles. The molecule has 0 aliphatic carbocycles. The number of hydrogen-bond acceptors (Lipinski definition) is 3. The fourth-order valence-electron chi connectivity index (χ4n) is 2.67. The van der Waals surface area contributed by atoms with Gasteiger partial charge in [-0.2, -0.15) is 0 Å². The molecule has 1 saturated heterocycles. The van der Waals surface area contributed by atoms with Gasteiger partial charge in [0, 0.05) is 23.7 Å². The molecular weight excluding hydrogens is 347 g/mol. The van der Waals surface area contributed by atoms with E-state index in [1.165, 1.54) is 0 Å². The molecule has 128 valence electrons. The van der Waals surface area contributed by atoms with Crippen LogP contribution in [0.1, 0.15) is 17.2 Å². The minimum absolute atomic E-state index is 0. The Morgan fingerprint density at radius 1 is 1.17 bits per heavy atom. The van der Waals surface area contributed by atoms with Crippen molar-refractivity contribution < 1.29 is 9.53 Å². The molecule has 1 atom stereocenters. The van der Waals surface area contributed by atoms with Crippen LogP contribution in [0.4, 0.5) is 0 Å². The predicted molar refractivity (Wildman–Crippen MR) is 98.0 cm³/mol. The van der Waals surface area contributed by atoms with Crippen LogP contribution in [0, 0.1) is 5.92 Å². The summed E-state index contributed by atoms with van der Waals surface area (Å²) >= 11 is 6.37. The maximum Gasteiger partial charge on any atom is 0.226 e. The second-order valence-electron chi connectivity index (χ2n) is 5.56. The lowest BCUT2D eigenvalue weighted by atomic mass is 9.95. The van der Waals surface area contributed by atoms with Crippen LogP contribution in [-0.2, 0) is 4.79 Å².